The van der Waals surface area contributed by atoms with Crippen molar-refractivity contribution >= 4 is 23.0 Å². The quantitative estimate of drug-likeness (QED) is 0.826. The summed E-state index contributed by atoms with van der Waals surface area (Å²) in [4.78, 5) is 0. The molecule has 0 heterocycles. The summed E-state index contributed by atoms with van der Waals surface area (Å²) in [5.74, 6) is 1.76. The zero-order chi connectivity index (χ0) is 16.1. The second kappa shape index (κ2) is 7.00. The summed E-state index contributed by atoms with van der Waals surface area (Å²) in [5, 5.41) is 3.14. The first-order valence-electron chi connectivity index (χ1n) is 6.56. The van der Waals surface area contributed by atoms with Gasteiger partial charge in [0, 0.05) is 5.69 Å². The van der Waals surface area contributed by atoms with Crippen LogP contribution in [0.4, 0.5) is 5.69 Å². The van der Waals surface area contributed by atoms with Crippen molar-refractivity contribution in [2.24, 2.45) is 5.73 Å². The van der Waals surface area contributed by atoms with Gasteiger partial charge in [-0.25, -0.2) is 0 Å². The van der Waals surface area contributed by atoms with Crippen molar-refractivity contribution in [2.75, 3.05) is 26.6 Å². The Labute approximate surface area is 135 Å². The Morgan fingerprint density at radius 3 is 2.09 bits per heavy atom. The fourth-order valence-electron chi connectivity index (χ4n) is 2.17. The highest BCUT2D eigenvalue weighted by Gasteiger charge is 2.14. The van der Waals surface area contributed by atoms with E-state index in [0.717, 1.165) is 16.8 Å². The van der Waals surface area contributed by atoms with Crippen LogP contribution in [0.5, 0.6) is 17.2 Å². The molecule has 2 rings (SSSR count). The van der Waals surface area contributed by atoms with Crippen LogP contribution in [0.2, 0.25) is 0 Å². The molecule has 0 amide bonds. The van der Waals surface area contributed by atoms with Crippen molar-refractivity contribution in [3.8, 4) is 28.4 Å². The van der Waals surface area contributed by atoms with Crippen LogP contribution < -0.4 is 25.3 Å². The van der Waals surface area contributed by atoms with Crippen LogP contribution in [0.15, 0.2) is 36.4 Å². The molecule has 0 spiro atoms. The lowest BCUT2D eigenvalue weighted by Crippen LogP contribution is -2.18. The lowest BCUT2D eigenvalue weighted by molar-refractivity contribution is 0.324. The molecule has 0 atom stereocenters. The topological polar surface area (TPSA) is 65.7 Å². The Balaban J connectivity index is 2.50. The highest BCUT2D eigenvalue weighted by atomic mass is 32.1. The first-order valence-corrected chi connectivity index (χ1v) is 6.96. The van der Waals surface area contributed by atoms with Gasteiger partial charge in [0.25, 0.3) is 0 Å². The number of methoxy groups -OCH3 is 3. The summed E-state index contributed by atoms with van der Waals surface area (Å²) in [7, 11) is 4.75. The van der Waals surface area contributed by atoms with Gasteiger partial charge >= 0.3 is 0 Å². The lowest BCUT2D eigenvalue weighted by atomic mass is 10.0. The second-order valence-electron chi connectivity index (χ2n) is 4.48. The molecule has 2 aromatic carbocycles. The van der Waals surface area contributed by atoms with Crippen LogP contribution in [0.3, 0.4) is 0 Å². The third-order valence-corrected chi connectivity index (χ3v) is 3.23. The minimum absolute atomic E-state index is 0.224. The molecule has 0 saturated heterocycles. The van der Waals surface area contributed by atoms with Crippen LogP contribution in [0.1, 0.15) is 0 Å². The number of ether oxygens (including phenoxy) is 3. The van der Waals surface area contributed by atoms with Gasteiger partial charge in [-0.3, -0.25) is 0 Å². The minimum Gasteiger partial charge on any atom is -0.493 e. The standard InChI is InChI=1S/C16H18N2O3S/c1-19-13-8-11(9-14(20-2)15(13)21-3)10-5-4-6-12(7-10)18-16(17)22/h4-9H,1-3H3,(H3,17,18,22). The summed E-state index contributed by atoms with van der Waals surface area (Å²) < 4.78 is 16.1. The van der Waals surface area contributed by atoms with E-state index in [4.69, 9.17) is 32.2 Å². The van der Waals surface area contributed by atoms with Gasteiger partial charge in [-0.15, -0.1) is 0 Å². The first-order chi connectivity index (χ1) is 10.6. The molecule has 0 aliphatic rings. The lowest BCUT2D eigenvalue weighted by Gasteiger charge is -2.14. The number of hydrogen-bond acceptors (Lipinski definition) is 4. The SMILES string of the molecule is COc1cc(-c2cccc(NC(N)=S)c2)cc(OC)c1OC. The van der Waals surface area contributed by atoms with E-state index < -0.39 is 0 Å². The van der Waals surface area contributed by atoms with Crippen LogP contribution in [0.25, 0.3) is 11.1 Å². The van der Waals surface area contributed by atoms with Crippen molar-refractivity contribution in [1.29, 1.82) is 0 Å². The zero-order valence-corrected chi connectivity index (χ0v) is 13.5. The smallest absolute Gasteiger partial charge is 0.203 e. The molecule has 0 radical (unpaired) electrons. The summed E-state index contributed by atoms with van der Waals surface area (Å²) in [6.45, 7) is 0. The molecule has 22 heavy (non-hydrogen) atoms. The Hall–Kier alpha value is -2.47. The molecule has 2 aromatic rings. The van der Waals surface area contributed by atoms with Crippen LogP contribution >= 0.6 is 12.2 Å². The highest BCUT2D eigenvalue weighted by Crippen LogP contribution is 2.41. The minimum atomic E-state index is 0.224. The van der Waals surface area contributed by atoms with E-state index in [1.54, 1.807) is 21.3 Å². The number of anilines is 1. The Bertz CT molecular complexity index is 664. The Morgan fingerprint density at radius 1 is 0.955 bits per heavy atom. The van der Waals surface area contributed by atoms with Gasteiger partial charge in [0.05, 0.1) is 21.3 Å². The average Bonchev–Trinajstić information content (AvgIpc) is 2.52. The number of thiocarbonyl (C=S) groups is 1. The van der Waals surface area contributed by atoms with Gasteiger partial charge in [0.1, 0.15) is 0 Å². The number of nitrogens with one attached hydrogen (secondary N) is 1. The molecule has 5 nitrogen and oxygen atoms in total. The van der Waals surface area contributed by atoms with E-state index >= 15 is 0 Å². The number of hydrogen-bond donors (Lipinski definition) is 2. The molecule has 3 N–H and O–H groups in total. The fraction of sp³-hybridized carbons (Fsp3) is 0.188. The first kappa shape index (κ1) is 15.9. The van der Waals surface area contributed by atoms with E-state index in [9.17, 15) is 0 Å². The highest BCUT2D eigenvalue weighted by molar-refractivity contribution is 7.80. The van der Waals surface area contributed by atoms with E-state index in [1.807, 2.05) is 36.4 Å². The van der Waals surface area contributed by atoms with Gasteiger partial charge in [0.2, 0.25) is 5.75 Å². The van der Waals surface area contributed by atoms with E-state index in [1.165, 1.54) is 0 Å². The Morgan fingerprint density at radius 2 is 1.59 bits per heavy atom. The van der Waals surface area contributed by atoms with Gasteiger partial charge in [-0.2, -0.15) is 0 Å². The van der Waals surface area contributed by atoms with Crippen molar-refractivity contribution in [2.45, 2.75) is 0 Å². The van der Waals surface area contributed by atoms with Crippen molar-refractivity contribution in [1.82, 2.24) is 0 Å². The fourth-order valence-corrected chi connectivity index (χ4v) is 2.28. The molecule has 0 aliphatic heterocycles. The van der Waals surface area contributed by atoms with E-state index in [2.05, 4.69) is 5.32 Å². The van der Waals surface area contributed by atoms with Gasteiger partial charge in [0.15, 0.2) is 16.6 Å². The molecule has 6 heteroatoms. The molecule has 0 saturated carbocycles. The van der Waals surface area contributed by atoms with Crippen LogP contribution in [-0.2, 0) is 0 Å². The number of benzene rings is 2. The summed E-state index contributed by atoms with van der Waals surface area (Å²) in [6, 6.07) is 11.5. The third-order valence-electron chi connectivity index (χ3n) is 3.13. The molecule has 0 aromatic heterocycles. The normalized spacial score (nSPS) is 9.95. The molecular formula is C16H18N2O3S. The maximum Gasteiger partial charge on any atom is 0.203 e. The van der Waals surface area contributed by atoms with Crippen molar-refractivity contribution < 1.29 is 14.2 Å². The molecule has 116 valence electrons. The number of nitrogens with two attached hydrogens (primary N) is 1. The van der Waals surface area contributed by atoms with Crippen molar-refractivity contribution in [3.05, 3.63) is 36.4 Å². The van der Waals surface area contributed by atoms with Crippen molar-refractivity contribution in [3.63, 3.8) is 0 Å². The maximum absolute atomic E-state index is 5.51. The summed E-state index contributed by atoms with van der Waals surface area (Å²) in [6.07, 6.45) is 0. The number of rotatable bonds is 5. The molecule has 0 unspecified atom stereocenters. The predicted octanol–water partition coefficient (Wildman–Crippen LogP) is 3.03. The predicted molar refractivity (Wildman–Crippen MR) is 91.9 cm³/mol. The van der Waals surface area contributed by atoms with Gasteiger partial charge in [-0.05, 0) is 47.6 Å². The van der Waals surface area contributed by atoms with E-state index in [0.29, 0.717) is 17.2 Å². The summed E-state index contributed by atoms with van der Waals surface area (Å²) >= 11 is 4.86. The second-order valence-corrected chi connectivity index (χ2v) is 4.92. The zero-order valence-electron chi connectivity index (χ0n) is 12.7. The largest absolute Gasteiger partial charge is 0.493 e. The Kier molecular flexibility index (Phi) is 5.06. The third kappa shape index (κ3) is 3.40. The van der Waals surface area contributed by atoms with Crippen LogP contribution in [0, 0.1) is 0 Å². The van der Waals surface area contributed by atoms with Crippen LogP contribution in [-0.4, -0.2) is 26.4 Å². The molecule has 0 aliphatic carbocycles. The average molecular weight is 318 g/mol. The summed E-state index contributed by atoms with van der Waals surface area (Å²) in [5.41, 5.74) is 8.23. The molecule has 0 fully saturated rings. The monoisotopic (exact) mass is 318 g/mol. The van der Waals surface area contributed by atoms with Gasteiger partial charge < -0.3 is 25.3 Å². The molecular weight excluding hydrogens is 300 g/mol. The molecule has 0 bridgehead atoms. The maximum atomic E-state index is 5.51. The van der Waals surface area contributed by atoms with Gasteiger partial charge in [-0.1, -0.05) is 12.1 Å². The van der Waals surface area contributed by atoms with E-state index in [-0.39, 0.29) is 5.11 Å².